The van der Waals surface area contributed by atoms with Gasteiger partial charge in [-0.2, -0.15) is 0 Å². The highest BCUT2D eigenvalue weighted by Crippen LogP contribution is 2.32. The Labute approximate surface area is 126 Å². The summed E-state index contributed by atoms with van der Waals surface area (Å²) in [6.07, 6.45) is 2.09. The van der Waals surface area contributed by atoms with Gasteiger partial charge in [0.05, 0.1) is 5.69 Å². The van der Waals surface area contributed by atoms with Gasteiger partial charge in [-0.1, -0.05) is 6.07 Å². The summed E-state index contributed by atoms with van der Waals surface area (Å²) in [6, 6.07) is 8.86. The number of nitrogens with zero attached hydrogens (tertiary/aromatic N) is 1. The highest BCUT2D eigenvalue weighted by atomic mass is 79.9. The predicted molar refractivity (Wildman–Crippen MR) is 86.0 cm³/mol. The number of hydrogen-bond acceptors (Lipinski definition) is 3. The molecule has 2 aromatic rings. The molecule has 0 amide bonds. The van der Waals surface area contributed by atoms with E-state index >= 15 is 0 Å². The first-order chi connectivity index (χ1) is 9.28. The second-order valence-corrected chi connectivity index (χ2v) is 6.72. The SMILES string of the molecule is NCCc1ccc(N2CCc3sccc3C2)c(Br)c1. The van der Waals surface area contributed by atoms with Gasteiger partial charge in [0.25, 0.3) is 0 Å². The maximum absolute atomic E-state index is 5.61. The summed E-state index contributed by atoms with van der Waals surface area (Å²) in [6.45, 7) is 2.82. The van der Waals surface area contributed by atoms with Crippen LogP contribution < -0.4 is 10.6 Å². The van der Waals surface area contributed by atoms with Crippen LogP contribution in [-0.2, 0) is 19.4 Å². The molecule has 1 aromatic carbocycles. The van der Waals surface area contributed by atoms with Crippen LogP contribution in [0, 0.1) is 0 Å². The van der Waals surface area contributed by atoms with Crippen molar-refractivity contribution in [2.45, 2.75) is 19.4 Å². The van der Waals surface area contributed by atoms with Crippen LogP contribution in [0.1, 0.15) is 16.0 Å². The van der Waals surface area contributed by atoms with Crippen LogP contribution in [0.3, 0.4) is 0 Å². The molecule has 0 aliphatic carbocycles. The van der Waals surface area contributed by atoms with Crippen molar-refractivity contribution in [3.8, 4) is 0 Å². The molecule has 2 heterocycles. The van der Waals surface area contributed by atoms with E-state index in [9.17, 15) is 0 Å². The van der Waals surface area contributed by atoms with Crippen molar-refractivity contribution in [2.24, 2.45) is 5.73 Å². The number of thiophene rings is 1. The van der Waals surface area contributed by atoms with Crippen molar-refractivity contribution in [3.63, 3.8) is 0 Å². The van der Waals surface area contributed by atoms with E-state index in [-0.39, 0.29) is 0 Å². The van der Waals surface area contributed by atoms with E-state index in [0.29, 0.717) is 6.54 Å². The van der Waals surface area contributed by atoms with E-state index in [4.69, 9.17) is 5.73 Å². The van der Waals surface area contributed by atoms with Crippen LogP contribution >= 0.6 is 27.3 Å². The largest absolute Gasteiger partial charge is 0.366 e. The normalized spacial score (nSPS) is 14.5. The van der Waals surface area contributed by atoms with Crippen LogP contribution in [0.2, 0.25) is 0 Å². The smallest absolute Gasteiger partial charge is 0.0513 e. The van der Waals surface area contributed by atoms with Gasteiger partial charge in [-0.15, -0.1) is 11.3 Å². The molecule has 0 spiro atoms. The summed E-state index contributed by atoms with van der Waals surface area (Å²) >= 11 is 5.59. The molecular formula is C15H17BrN2S. The predicted octanol–water partition coefficient (Wildman–Crippen LogP) is 3.57. The van der Waals surface area contributed by atoms with E-state index in [2.05, 4.69) is 50.5 Å². The maximum atomic E-state index is 5.61. The molecule has 19 heavy (non-hydrogen) atoms. The molecule has 0 fully saturated rings. The first-order valence-electron chi connectivity index (χ1n) is 6.56. The molecule has 0 bridgehead atoms. The highest BCUT2D eigenvalue weighted by molar-refractivity contribution is 9.10. The number of hydrogen-bond donors (Lipinski definition) is 1. The Morgan fingerprint density at radius 2 is 2.21 bits per heavy atom. The fraction of sp³-hybridized carbons (Fsp3) is 0.333. The molecule has 3 rings (SSSR count). The zero-order valence-corrected chi connectivity index (χ0v) is 13.1. The van der Waals surface area contributed by atoms with Gasteiger partial charge in [0, 0.05) is 22.4 Å². The van der Waals surface area contributed by atoms with Gasteiger partial charge >= 0.3 is 0 Å². The van der Waals surface area contributed by atoms with E-state index in [1.807, 2.05) is 11.3 Å². The third-order valence-electron chi connectivity index (χ3n) is 3.59. The Morgan fingerprint density at radius 1 is 1.32 bits per heavy atom. The summed E-state index contributed by atoms with van der Waals surface area (Å²) in [5.74, 6) is 0. The number of nitrogens with two attached hydrogens (primary N) is 1. The Bertz CT molecular complexity index is 579. The van der Waals surface area contributed by atoms with Crippen LogP contribution in [-0.4, -0.2) is 13.1 Å². The van der Waals surface area contributed by atoms with Crippen molar-refractivity contribution in [1.29, 1.82) is 0 Å². The Balaban J connectivity index is 1.83. The monoisotopic (exact) mass is 336 g/mol. The molecule has 0 atom stereocenters. The number of rotatable bonds is 3. The number of halogens is 1. The zero-order valence-electron chi connectivity index (χ0n) is 10.7. The lowest BCUT2D eigenvalue weighted by atomic mass is 10.1. The van der Waals surface area contributed by atoms with Crippen LogP contribution in [0.5, 0.6) is 0 Å². The lowest BCUT2D eigenvalue weighted by Gasteiger charge is -2.30. The first kappa shape index (κ1) is 13.2. The highest BCUT2D eigenvalue weighted by Gasteiger charge is 2.19. The number of fused-ring (bicyclic) bond motifs is 1. The minimum atomic E-state index is 0.702. The molecule has 100 valence electrons. The minimum Gasteiger partial charge on any atom is -0.366 e. The third-order valence-corrected chi connectivity index (χ3v) is 5.25. The molecule has 2 N–H and O–H groups in total. The third kappa shape index (κ3) is 2.71. The summed E-state index contributed by atoms with van der Waals surface area (Å²) < 4.78 is 1.18. The molecule has 1 aliphatic heterocycles. The van der Waals surface area contributed by atoms with E-state index in [0.717, 1.165) is 25.9 Å². The molecule has 0 unspecified atom stereocenters. The Kier molecular flexibility index (Phi) is 3.91. The second kappa shape index (κ2) is 5.65. The molecule has 0 radical (unpaired) electrons. The summed E-state index contributed by atoms with van der Waals surface area (Å²) in [5.41, 5.74) is 9.68. The Hall–Kier alpha value is -0.840. The average Bonchev–Trinajstić information content (AvgIpc) is 2.86. The first-order valence-corrected chi connectivity index (χ1v) is 8.24. The fourth-order valence-electron chi connectivity index (χ4n) is 2.58. The summed E-state index contributed by atoms with van der Waals surface area (Å²) in [4.78, 5) is 4.00. The number of anilines is 1. The van der Waals surface area contributed by atoms with E-state index < -0.39 is 0 Å². The van der Waals surface area contributed by atoms with Crippen molar-refractivity contribution in [1.82, 2.24) is 0 Å². The Morgan fingerprint density at radius 3 is 3.00 bits per heavy atom. The van der Waals surface area contributed by atoms with Gasteiger partial charge in [-0.3, -0.25) is 0 Å². The zero-order chi connectivity index (χ0) is 13.2. The van der Waals surface area contributed by atoms with Gasteiger partial charge in [0.1, 0.15) is 0 Å². The molecule has 0 saturated heterocycles. The van der Waals surface area contributed by atoms with Gasteiger partial charge in [0.2, 0.25) is 0 Å². The molecule has 2 nitrogen and oxygen atoms in total. The van der Waals surface area contributed by atoms with Gasteiger partial charge < -0.3 is 10.6 Å². The second-order valence-electron chi connectivity index (χ2n) is 4.87. The van der Waals surface area contributed by atoms with Crippen LogP contribution in [0.15, 0.2) is 34.1 Å². The van der Waals surface area contributed by atoms with Gasteiger partial charge in [-0.05, 0) is 70.0 Å². The molecular weight excluding hydrogens is 320 g/mol. The van der Waals surface area contributed by atoms with Crippen molar-refractivity contribution in [2.75, 3.05) is 18.0 Å². The van der Waals surface area contributed by atoms with Gasteiger partial charge in [0.15, 0.2) is 0 Å². The fourth-order valence-corrected chi connectivity index (χ4v) is 4.15. The molecule has 0 saturated carbocycles. The number of benzene rings is 1. The van der Waals surface area contributed by atoms with Crippen molar-refractivity contribution < 1.29 is 0 Å². The van der Waals surface area contributed by atoms with Crippen LogP contribution in [0.25, 0.3) is 0 Å². The average molecular weight is 337 g/mol. The van der Waals surface area contributed by atoms with Crippen molar-refractivity contribution >= 4 is 33.0 Å². The molecule has 1 aromatic heterocycles. The standard InChI is InChI=1S/C15H17BrN2S/c16-13-9-11(3-6-17)1-2-14(13)18-7-4-15-12(10-18)5-8-19-15/h1-2,5,8-9H,3-4,6-7,10,17H2. The maximum Gasteiger partial charge on any atom is 0.0513 e. The molecule has 1 aliphatic rings. The van der Waals surface area contributed by atoms with Crippen molar-refractivity contribution in [3.05, 3.63) is 50.1 Å². The van der Waals surface area contributed by atoms with E-state index in [1.54, 1.807) is 4.88 Å². The van der Waals surface area contributed by atoms with Crippen LogP contribution in [0.4, 0.5) is 5.69 Å². The van der Waals surface area contributed by atoms with Gasteiger partial charge in [-0.25, -0.2) is 0 Å². The molecule has 4 heteroatoms. The topological polar surface area (TPSA) is 29.3 Å². The lowest BCUT2D eigenvalue weighted by Crippen LogP contribution is -2.29. The van der Waals surface area contributed by atoms with E-state index in [1.165, 1.54) is 21.3 Å². The minimum absolute atomic E-state index is 0.702. The summed E-state index contributed by atoms with van der Waals surface area (Å²) in [7, 11) is 0. The lowest BCUT2D eigenvalue weighted by molar-refractivity contribution is 0.742. The summed E-state index contributed by atoms with van der Waals surface area (Å²) in [5, 5.41) is 2.20. The quantitative estimate of drug-likeness (QED) is 0.928.